The number of hydrogen-bond donors (Lipinski definition) is 2. The van der Waals surface area contributed by atoms with Gasteiger partial charge in [-0.3, -0.25) is 5.43 Å². The van der Waals surface area contributed by atoms with Gasteiger partial charge in [-0.15, -0.1) is 11.3 Å². The molecule has 0 unspecified atom stereocenters. The summed E-state index contributed by atoms with van der Waals surface area (Å²) in [6, 6.07) is 6.20. The molecule has 0 bridgehead atoms. The molecule has 0 amide bonds. The van der Waals surface area contributed by atoms with Gasteiger partial charge in [0.25, 0.3) is 0 Å². The summed E-state index contributed by atoms with van der Waals surface area (Å²) in [5.74, 6) is 0. The van der Waals surface area contributed by atoms with Gasteiger partial charge < -0.3 is 5.73 Å². The molecule has 0 aliphatic rings. The summed E-state index contributed by atoms with van der Waals surface area (Å²) < 4.78 is 0. The van der Waals surface area contributed by atoms with Crippen LogP contribution < -0.4 is 11.2 Å². The van der Waals surface area contributed by atoms with E-state index in [0.29, 0.717) is 0 Å². The molecule has 0 spiro atoms. The number of nitrogens with two attached hydrogens (primary N) is 1. The minimum atomic E-state index is 0.172. The molecule has 82 valence electrons. The lowest BCUT2D eigenvalue weighted by Crippen LogP contribution is -2.23. The minimum absolute atomic E-state index is 0.172. The maximum Gasteiger partial charge on any atom is 0.184 e. The van der Waals surface area contributed by atoms with Gasteiger partial charge in [-0.2, -0.15) is 16.4 Å². The lowest BCUT2D eigenvalue weighted by Gasteiger charge is -1.91. The van der Waals surface area contributed by atoms with Crippen LogP contribution in [0, 0.1) is 0 Å². The average molecular weight is 267 g/mol. The molecule has 0 aromatic carbocycles. The number of nitrogens with one attached hydrogen (secondary N) is 1. The standard InChI is InChI=1S/C10H9N3S3/c11-10(14)13-12-5-8-1-2-9(16-8)7-3-4-15-6-7/h1-6H,(H3,11,13,14)/b12-5+. The van der Waals surface area contributed by atoms with Crippen molar-refractivity contribution in [2.45, 2.75) is 0 Å². The van der Waals surface area contributed by atoms with E-state index >= 15 is 0 Å². The smallest absolute Gasteiger partial charge is 0.184 e. The van der Waals surface area contributed by atoms with Crippen LogP contribution in [0.3, 0.4) is 0 Å². The van der Waals surface area contributed by atoms with Crippen molar-refractivity contribution in [1.29, 1.82) is 0 Å². The third-order valence-electron chi connectivity index (χ3n) is 1.80. The zero-order chi connectivity index (χ0) is 11.4. The minimum Gasteiger partial charge on any atom is -0.375 e. The molecule has 3 N–H and O–H groups in total. The van der Waals surface area contributed by atoms with E-state index in [0.717, 1.165) is 4.88 Å². The normalized spacial score (nSPS) is 10.8. The van der Waals surface area contributed by atoms with Gasteiger partial charge in [-0.1, -0.05) is 0 Å². The third-order valence-corrected chi connectivity index (χ3v) is 3.64. The molecule has 0 atom stereocenters. The Morgan fingerprint density at radius 2 is 2.31 bits per heavy atom. The zero-order valence-electron chi connectivity index (χ0n) is 8.21. The second-order valence-corrected chi connectivity index (χ2v) is 5.28. The van der Waals surface area contributed by atoms with Crippen LogP contribution in [-0.2, 0) is 0 Å². The molecule has 3 nitrogen and oxygen atoms in total. The molecule has 2 aromatic heterocycles. The Morgan fingerprint density at radius 1 is 1.44 bits per heavy atom. The fraction of sp³-hybridized carbons (Fsp3) is 0. The van der Waals surface area contributed by atoms with Crippen molar-refractivity contribution >= 4 is 46.2 Å². The van der Waals surface area contributed by atoms with Gasteiger partial charge in [-0.05, 0) is 41.2 Å². The monoisotopic (exact) mass is 267 g/mol. The summed E-state index contributed by atoms with van der Waals surface area (Å²) in [7, 11) is 0. The largest absolute Gasteiger partial charge is 0.375 e. The van der Waals surface area contributed by atoms with Crippen LogP contribution in [0.25, 0.3) is 10.4 Å². The number of nitrogens with zero attached hydrogens (tertiary/aromatic N) is 1. The summed E-state index contributed by atoms with van der Waals surface area (Å²) in [6.45, 7) is 0. The predicted octanol–water partition coefficient (Wildman–Crippen LogP) is 2.64. The Bertz CT molecular complexity index is 499. The molecule has 2 rings (SSSR count). The van der Waals surface area contributed by atoms with Crippen LogP contribution in [0.2, 0.25) is 0 Å². The molecule has 2 heterocycles. The van der Waals surface area contributed by atoms with E-state index < -0.39 is 0 Å². The first-order valence-electron chi connectivity index (χ1n) is 4.46. The molecule has 0 aliphatic carbocycles. The zero-order valence-corrected chi connectivity index (χ0v) is 10.7. The van der Waals surface area contributed by atoms with Crippen molar-refractivity contribution in [1.82, 2.24) is 5.43 Å². The van der Waals surface area contributed by atoms with E-state index in [1.807, 2.05) is 6.07 Å². The van der Waals surface area contributed by atoms with Crippen molar-refractivity contribution in [3.8, 4) is 10.4 Å². The molecular weight excluding hydrogens is 258 g/mol. The van der Waals surface area contributed by atoms with Gasteiger partial charge in [0.1, 0.15) is 0 Å². The molecule has 0 radical (unpaired) electrons. The fourth-order valence-corrected chi connectivity index (χ4v) is 2.80. The Morgan fingerprint density at radius 3 is 3.00 bits per heavy atom. The number of rotatable bonds is 3. The van der Waals surface area contributed by atoms with E-state index in [9.17, 15) is 0 Å². The number of thiocarbonyl (C=S) groups is 1. The average Bonchev–Trinajstić information content (AvgIpc) is 2.85. The van der Waals surface area contributed by atoms with E-state index in [1.165, 1.54) is 10.4 Å². The molecule has 0 aliphatic heterocycles. The van der Waals surface area contributed by atoms with Gasteiger partial charge >= 0.3 is 0 Å². The van der Waals surface area contributed by atoms with E-state index in [2.05, 4.69) is 45.6 Å². The summed E-state index contributed by atoms with van der Waals surface area (Å²) >= 11 is 8.01. The fourth-order valence-electron chi connectivity index (χ4n) is 1.14. The van der Waals surface area contributed by atoms with Crippen LogP contribution in [0.4, 0.5) is 0 Å². The van der Waals surface area contributed by atoms with Gasteiger partial charge in [0.2, 0.25) is 0 Å². The number of thiophene rings is 2. The highest BCUT2D eigenvalue weighted by molar-refractivity contribution is 7.80. The van der Waals surface area contributed by atoms with Gasteiger partial charge in [-0.25, -0.2) is 0 Å². The molecule has 0 saturated heterocycles. The molecular formula is C10H9N3S3. The predicted molar refractivity (Wildman–Crippen MR) is 75.1 cm³/mol. The molecule has 0 saturated carbocycles. The van der Waals surface area contributed by atoms with E-state index in [4.69, 9.17) is 5.73 Å². The van der Waals surface area contributed by atoms with Crippen molar-refractivity contribution in [2.75, 3.05) is 0 Å². The Labute approximate surface area is 107 Å². The van der Waals surface area contributed by atoms with Crippen LogP contribution in [0.15, 0.2) is 34.1 Å². The number of hydrazone groups is 1. The van der Waals surface area contributed by atoms with Crippen LogP contribution in [0.5, 0.6) is 0 Å². The second kappa shape index (κ2) is 5.20. The highest BCUT2D eigenvalue weighted by Gasteiger charge is 2.01. The van der Waals surface area contributed by atoms with Crippen molar-refractivity contribution < 1.29 is 0 Å². The SMILES string of the molecule is NC(=S)N/N=C/c1ccc(-c2ccsc2)s1. The highest BCUT2D eigenvalue weighted by atomic mass is 32.1. The summed E-state index contributed by atoms with van der Waals surface area (Å²) in [4.78, 5) is 2.29. The van der Waals surface area contributed by atoms with Crippen molar-refractivity contribution in [3.05, 3.63) is 33.8 Å². The maximum absolute atomic E-state index is 5.25. The molecule has 6 heteroatoms. The Hall–Kier alpha value is -1.24. The first-order valence-corrected chi connectivity index (χ1v) is 6.63. The van der Waals surface area contributed by atoms with E-state index in [1.54, 1.807) is 28.9 Å². The second-order valence-electron chi connectivity index (χ2n) is 2.95. The van der Waals surface area contributed by atoms with Gasteiger partial charge in [0.15, 0.2) is 5.11 Å². The topological polar surface area (TPSA) is 50.4 Å². The first-order chi connectivity index (χ1) is 7.75. The molecule has 16 heavy (non-hydrogen) atoms. The summed E-state index contributed by atoms with van der Waals surface area (Å²) in [5, 5.41) is 8.27. The first kappa shape index (κ1) is 11.3. The number of hydrogen-bond acceptors (Lipinski definition) is 4. The van der Waals surface area contributed by atoms with Gasteiger partial charge in [0.05, 0.1) is 6.21 Å². The van der Waals surface area contributed by atoms with Crippen molar-refractivity contribution in [2.24, 2.45) is 10.8 Å². The highest BCUT2D eigenvalue weighted by Crippen LogP contribution is 2.28. The lowest BCUT2D eigenvalue weighted by atomic mass is 10.3. The van der Waals surface area contributed by atoms with Gasteiger partial charge in [0, 0.05) is 15.3 Å². The van der Waals surface area contributed by atoms with Crippen LogP contribution >= 0.6 is 34.9 Å². The lowest BCUT2D eigenvalue weighted by molar-refractivity contribution is 1.04. The molecule has 0 fully saturated rings. The molecule has 2 aromatic rings. The summed E-state index contributed by atoms with van der Waals surface area (Å²) in [5.41, 5.74) is 9.02. The van der Waals surface area contributed by atoms with Crippen molar-refractivity contribution in [3.63, 3.8) is 0 Å². The Balaban J connectivity index is 2.08. The summed E-state index contributed by atoms with van der Waals surface area (Å²) in [6.07, 6.45) is 1.71. The van der Waals surface area contributed by atoms with Crippen LogP contribution in [-0.4, -0.2) is 11.3 Å². The Kier molecular flexibility index (Phi) is 3.66. The third kappa shape index (κ3) is 2.88. The van der Waals surface area contributed by atoms with Crippen LogP contribution in [0.1, 0.15) is 4.88 Å². The van der Waals surface area contributed by atoms with E-state index in [-0.39, 0.29) is 5.11 Å². The quantitative estimate of drug-likeness (QED) is 0.510. The maximum atomic E-state index is 5.25.